The van der Waals surface area contributed by atoms with Crippen LogP contribution in [0.3, 0.4) is 0 Å². The lowest BCUT2D eigenvalue weighted by Gasteiger charge is -2.23. The van der Waals surface area contributed by atoms with Gasteiger partial charge in [0.1, 0.15) is 10.6 Å². The molecule has 0 unspecified atom stereocenters. The number of benzene rings is 3. The Hall–Kier alpha value is -3.69. The van der Waals surface area contributed by atoms with E-state index in [9.17, 15) is 18.0 Å². The Bertz CT molecular complexity index is 1260. The summed E-state index contributed by atoms with van der Waals surface area (Å²) in [6.07, 6.45) is 0.0929. The Morgan fingerprint density at radius 1 is 0.971 bits per heavy atom. The molecule has 0 saturated heterocycles. The van der Waals surface area contributed by atoms with E-state index in [1.807, 2.05) is 6.07 Å². The van der Waals surface area contributed by atoms with Gasteiger partial charge in [-0.1, -0.05) is 48.5 Å². The molecule has 0 fully saturated rings. The van der Waals surface area contributed by atoms with Gasteiger partial charge in [-0.15, -0.1) is 0 Å². The molecule has 2 amide bonds. The molecule has 3 aromatic rings. The molecule has 8 nitrogen and oxygen atoms in total. The van der Waals surface area contributed by atoms with E-state index in [2.05, 4.69) is 5.32 Å². The summed E-state index contributed by atoms with van der Waals surface area (Å²) in [6.45, 7) is 1.39. The van der Waals surface area contributed by atoms with Gasteiger partial charge in [-0.05, 0) is 47.9 Å². The predicted molar refractivity (Wildman–Crippen MR) is 130 cm³/mol. The molecule has 0 aliphatic rings. The SMILES string of the molecule is COc1ccc(C)cc1S(=O)(=O)N(CC(=O)Nc1ccc(CC(N)=O)cc1)Cc1ccccc1. The number of hydrogen-bond donors (Lipinski definition) is 2. The summed E-state index contributed by atoms with van der Waals surface area (Å²) < 4.78 is 33.7. The lowest BCUT2D eigenvalue weighted by atomic mass is 10.1. The lowest BCUT2D eigenvalue weighted by molar-refractivity contribution is -0.117. The van der Waals surface area contributed by atoms with Gasteiger partial charge in [0, 0.05) is 12.2 Å². The molecule has 0 bridgehead atoms. The van der Waals surface area contributed by atoms with Crippen molar-refractivity contribution in [2.24, 2.45) is 5.73 Å². The van der Waals surface area contributed by atoms with Crippen LogP contribution in [0.5, 0.6) is 5.75 Å². The van der Waals surface area contributed by atoms with E-state index in [0.29, 0.717) is 11.3 Å². The van der Waals surface area contributed by atoms with Gasteiger partial charge in [0.15, 0.2) is 0 Å². The molecule has 0 aromatic heterocycles. The van der Waals surface area contributed by atoms with Gasteiger partial charge in [-0.2, -0.15) is 4.31 Å². The van der Waals surface area contributed by atoms with E-state index < -0.39 is 28.4 Å². The standard InChI is InChI=1S/C25H27N3O5S/c1-18-8-13-22(33-2)23(14-18)34(31,32)28(16-20-6-4-3-5-7-20)17-25(30)27-21-11-9-19(10-12-21)15-24(26)29/h3-14H,15-17H2,1-2H3,(H2,26,29)(H,27,30). The molecule has 0 atom stereocenters. The summed E-state index contributed by atoms with van der Waals surface area (Å²) in [5.41, 5.74) is 7.88. The number of carbonyl (C=O) groups excluding carboxylic acids is 2. The molecule has 178 valence electrons. The van der Waals surface area contributed by atoms with E-state index in [-0.39, 0.29) is 23.6 Å². The summed E-state index contributed by atoms with van der Waals surface area (Å²) in [5, 5.41) is 2.71. The third kappa shape index (κ3) is 6.43. The number of nitrogens with zero attached hydrogens (tertiary/aromatic N) is 1. The number of carbonyl (C=O) groups is 2. The van der Waals surface area contributed by atoms with Crippen LogP contribution in [0.2, 0.25) is 0 Å². The Balaban J connectivity index is 1.87. The zero-order valence-corrected chi connectivity index (χ0v) is 19.8. The zero-order chi connectivity index (χ0) is 24.7. The molecule has 3 N–H and O–H groups in total. The number of rotatable bonds is 10. The first-order valence-corrected chi connectivity index (χ1v) is 12.0. The van der Waals surface area contributed by atoms with Crippen molar-refractivity contribution < 1.29 is 22.7 Å². The molecule has 0 heterocycles. The fourth-order valence-corrected chi connectivity index (χ4v) is 5.03. The molecule has 34 heavy (non-hydrogen) atoms. The van der Waals surface area contributed by atoms with Crippen molar-refractivity contribution in [2.75, 3.05) is 19.0 Å². The van der Waals surface area contributed by atoms with Crippen LogP contribution in [0, 0.1) is 6.92 Å². The number of nitrogens with one attached hydrogen (secondary N) is 1. The fourth-order valence-electron chi connectivity index (χ4n) is 3.41. The summed E-state index contributed by atoms with van der Waals surface area (Å²) >= 11 is 0. The summed E-state index contributed by atoms with van der Waals surface area (Å²) in [6, 6.07) is 20.5. The van der Waals surface area contributed by atoms with Crippen molar-refractivity contribution in [3.05, 3.63) is 89.5 Å². The number of sulfonamides is 1. The van der Waals surface area contributed by atoms with Gasteiger partial charge in [0.25, 0.3) is 0 Å². The Labute approximate surface area is 199 Å². The highest BCUT2D eigenvalue weighted by molar-refractivity contribution is 7.89. The van der Waals surface area contributed by atoms with Crippen LogP contribution in [-0.4, -0.2) is 38.2 Å². The average molecular weight is 482 g/mol. The van der Waals surface area contributed by atoms with Crippen LogP contribution in [-0.2, 0) is 32.6 Å². The molecular formula is C25H27N3O5S. The Kier molecular flexibility index (Phi) is 8.04. The van der Waals surface area contributed by atoms with Gasteiger partial charge in [-0.3, -0.25) is 9.59 Å². The smallest absolute Gasteiger partial charge is 0.247 e. The summed E-state index contributed by atoms with van der Waals surface area (Å²) in [5.74, 6) is -0.756. The monoisotopic (exact) mass is 481 g/mol. The van der Waals surface area contributed by atoms with Gasteiger partial charge in [-0.25, -0.2) is 8.42 Å². The number of hydrogen-bond acceptors (Lipinski definition) is 5. The molecule has 0 saturated carbocycles. The second-order valence-electron chi connectivity index (χ2n) is 7.80. The van der Waals surface area contributed by atoms with Crippen molar-refractivity contribution in [3.63, 3.8) is 0 Å². The molecule has 0 aliphatic heterocycles. The quantitative estimate of drug-likeness (QED) is 0.462. The van der Waals surface area contributed by atoms with Crippen LogP contribution in [0.15, 0.2) is 77.7 Å². The number of ether oxygens (including phenoxy) is 1. The number of anilines is 1. The maximum atomic E-state index is 13.6. The average Bonchev–Trinajstić information content (AvgIpc) is 2.80. The molecule has 3 aromatic carbocycles. The highest BCUT2D eigenvalue weighted by Crippen LogP contribution is 2.28. The topological polar surface area (TPSA) is 119 Å². The first-order chi connectivity index (χ1) is 16.2. The number of methoxy groups -OCH3 is 1. The molecule has 0 spiro atoms. The molecular weight excluding hydrogens is 454 g/mol. The van der Waals surface area contributed by atoms with Crippen molar-refractivity contribution in [1.29, 1.82) is 0 Å². The number of aryl methyl sites for hydroxylation is 1. The third-order valence-electron chi connectivity index (χ3n) is 5.07. The van der Waals surface area contributed by atoms with E-state index in [1.165, 1.54) is 13.2 Å². The minimum atomic E-state index is -4.08. The van der Waals surface area contributed by atoms with Crippen molar-refractivity contribution in [2.45, 2.75) is 24.8 Å². The summed E-state index contributed by atoms with van der Waals surface area (Å²) in [7, 11) is -2.67. The minimum Gasteiger partial charge on any atom is -0.495 e. The predicted octanol–water partition coefficient (Wildman–Crippen LogP) is 2.86. The Morgan fingerprint density at radius 2 is 1.65 bits per heavy atom. The zero-order valence-electron chi connectivity index (χ0n) is 19.0. The highest BCUT2D eigenvalue weighted by atomic mass is 32.2. The largest absolute Gasteiger partial charge is 0.495 e. The van der Waals surface area contributed by atoms with E-state index in [1.54, 1.807) is 67.6 Å². The fraction of sp³-hybridized carbons (Fsp3) is 0.200. The Morgan fingerprint density at radius 3 is 2.26 bits per heavy atom. The van der Waals surface area contributed by atoms with Crippen LogP contribution in [0.4, 0.5) is 5.69 Å². The number of primary amides is 1. The molecule has 3 rings (SSSR count). The van der Waals surface area contributed by atoms with Gasteiger partial charge >= 0.3 is 0 Å². The number of nitrogens with two attached hydrogens (primary N) is 1. The van der Waals surface area contributed by atoms with Gasteiger partial charge in [0.2, 0.25) is 21.8 Å². The van der Waals surface area contributed by atoms with Crippen LogP contribution < -0.4 is 15.8 Å². The van der Waals surface area contributed by atoms with Gasteiger partial charge in [0.05, 0.1) is 20.1 Å². The van der Waals surface area contributed by atoms with E-state index >= 15 is 0 Å². The molecule has 0 radical (unpaired) electrons. The first-order valence-electron chi connectivity index (χ1n) is 10.5. The van der Waals surface area contributed by atoms with Crippen LogP contribution in [0.1, 0.15) is 16.7 Å². The first kappa shape index (κ1) is 24.9. The van der Waals surface area contributed by atoms with E-state index in [4.69, 9.17) is 10.5 Å². The summed E-state index contributed by atoms with van der Waals surface area (Å²) in [4.78, 5) is 23.9. The van der Waals surface area contributed by atoms with Crippen LogP contribution in [0.25, 0.3) is 0 Å². The number of amides is 2. The maximum Gasteiger partial charge on any atom is 0.247 e. The second kappa shape index (κ2) is 11.0. The minimum absolute atomic E-state index is 0.00506. The van der Waals surface area contributed by atoms with Crippen molar-refractivity contribution in [3.8, 4) is 5.75 Å². The highest BCUT2D eigenvalue weighted by Gasteiger charge is 2.30. The van der Waals surface area contributed by atoms with Crippen molar-refractivity contribution in [1.82, 2.24) is 4.31 Å². The molecule has 9 heteroatoms. The van der Waals surface area contributed by atoms with Crippen molar-refractivity contribution >= 4 is 27.5 Å². The van der Waals surface area contributed by atoms with Gasteiger partial charge < -0.3 is 15.8 Å². The molecule has 0 aliphatic carbocycles. The van der Waals surface area contributed by atoms with Crippen LogP contribution >= 0.6 is 0 Å². The van der Waals surface area contributed by atoms with E-state index in [0.717, 1.165) is 15.4 Å². The lowest BCUT2D eigenvalue weighted by Crippen LogP contribution is -2.37. The maximum absolute atomic E-state index is 13.6. The second-order valence-corrected chi connectivity index (χ2v) is 9.71. The normalized spacial score (nSPS) is 11.3. The third-order valence-corrected chi connectivity index (χ3v) is 6.89.